The monoisotopic (exact) mass is 420 g/mol. The van der Waals surface area contributed by atoms with Crippen LogP contribution in [0.25, 0.3) is 11.0 Å². The summed E-state index contributed by atoms with van der Waals surface area (Å²) in [6.07, 6.45) is -0.186. The SMILES string of the molecule is CC(=O)C1C(C)=Nc2nc(N)nc(OC(C)C)c2C1c1cccc2c(=O)cc(C)oc12. The summed E-state index contributed by atoms with van der Waals surface area (Å²) < 4.78 is 12.0. The van der Waals surface area contributed by atoms with Crippen LogP contribution in [0.1, 0.15) is 50.5 Å². The predicted molar refractivity (Wildman–Crippen MR) is 118 cm³/mol. The van der Waals surface area contributed by atoms with E-state index in [2.05, 4.69) is 15.0 Å². The summed E-state index contributed by atoms with van der Waals surface area (Å²) in [5.41, 5.74) is 8.04. The van der Waals surface area contributed by atoms with E-state index < -0.39 is 11.8 Å². The first-order chi connectivity index (χ1) is 14.7. The molecule has 0 amide bonds. The molecular formula is C23H24N4O4. The molecule has 3 heterocycles. The molecule has 0 radical (unpaired) electrons. The Hall–Kier alpha value is -3.55. The van der Waals surface area contributed by atoms with Gasteiger partial charge in [-0.05, 0) is 40.7 Å². The maximum atomic E-state index is 12.8. The summed E-state index contributed by atoms with van der Waals surface area (Å²) >= 11 is 0. The number of hydrogen-bond acceptors (Lipinski definition) is 8. The van der Waals surface area contributed by atoms with Crippen molar-refractivity contribution in [3.8, 4) is 5.88 Å². The van der Waals surface area contributed by atoms with Crippen molar-refractivity contribution in [2.45, 2.75) is 46.6 Å². The average molecular weight is 420 g/mol. The van der Waals surface area contributed by atoms with Gasteiger partial charge in [0, 0.05) is 23.3 Å². The molecule has 4 rings (SSSR count). The quantitative estimate of drug-likeness (QED) is 0.683. The number of nitrogens with two attached hydrogens (primary N) is 1. The Balaban J connectivity index is 2.10. The summed E-state index contributed by atoms with van der Waals surface area (Å²) in [5.74, 6) is -0.0636. The fourth-order valence-corrected chi connectivity index (χ4v) is 4.19. The normalized spacial score (nSPS) is 18.1. The molecule has 3 aromatic rings. The van der Waals surface area contributed by atoms with Gasteiger partial charge in [0.2, 0.25) is 11.8 Å². The second-order valence-electron chi connectivity index (χ2n) is 8.06. The highest BCUT2D eigenvalue weighted by Crippen LogP contribution is 2.47. The number of hydrogen-bond donors (Lipinski definition) is 1. The van der Waals surface area contributed by atoms with Gasteiger partial charge in [0.1, 0.15) is 17.1 Å². The summed E-state index contributed by atoms with van der Waals surface area (Å²) in [5, 5.41) is 0.440. The highest BCUT2D eigenvalue weighted by atomic mass is 16.5. The molecule has 2 atom stereocenters. The zero-order chi connectivity index (χ0) is 22.4. The van der Waals surface area contributed by atoms with Crippen LogP contribution in [-0.2, 0) is 4.79 Å². The predicted octanol–water partition coefficient (Wildman–Crippen LogP) is 3.70. The van der Waals surface area contributed by atoms with Crippen LogP contribution in [-0.4, -0.2) is 27.6 Å². The lowest BCUT2D eigenvalue weighted by Gasteiger charge is -2.32. The zero-order valence-corrected chi connectivity index (χ0v) is 18.1. The summed E-state index contributed by atoms with van der Waals surface area (Å²) in [7, 11) is 0. The third-order valence-corrected chi connectivity index (χ3v) is 5.31. The highest BCUT2D eigenvalue weighted by Gasteiger charge is 2.40. The Kier molecular flexibility index (Phi) is 5.08. The van der Waals surface area contributed by atoms with Gasteiger partial charge in [-0.3, -0.25) is 9.59 Å². The molecule has 0 aliphatic carbocycles. The molecule has 1 aliphatic heterocycles. The second kappa shape index (κ2) is 7.61. The van der Waals surface area contributed by atoms with Gasteiger partial charge in [0.25, 0.3) is 0 Å². The van der Waals surface area contributed by atoms with E-state index in [-0.39, 0.29) is 29.1 Å². The highest BCUT2D eigenvalue weighted by molar-refractivity contribution is 6.07. The molecule has 0 fully saturated rings. The van der Waals surface area contributed by atoms with Gasteiger partial charge < -0.3 is 14.9 Å². The van der Waals surface area contributed by atoms with Gasteiger partial charge in [-0.1, -0.05) is 12.1 Å². The smallest absolute Gasteiger partial charge is 0.225 e. The zero-order valence-electron chi connectivity index (χ0n) is 18.1. The number of carbonyl (C=O) groups is 1. The molecule has 31 heavy (non-hydrogen) atoms. The van der Waals surface area contributed by atoms with E-state index in [0.29, 0.717) is 39.4 Å². The number of carbonyl (C=O) groups excluding carboxylic acids is 1. The number of fused-ring (bicyclic) bond motifs is 2. The molecule has 0 saturated heterocycles. The Morgan fingerprint density at radius 3 is 2.65 bits per heavy atom. The first kappa shape index (κ1) is 20.7. The standard InChI is InChI=1S/C23H24N4O4/c1-10(2)30-22-19-18(15-8-6-7-14-16(29)9-11(3)31-20(14)15)17(13(5)28)12(4)25-21(19)26-23(24)27-22/h6-10,17-18H,1-5H3,(H2,24,26,27). The Labute approximate surface area is 179 Å². The third kappa shape index (κ3) is 3.58. The molecule has 2 N–H and O–H groups in total. The van der Waals surface area contributed by atoms with Crippen molar-refractivity contribution in [2.75, 3.05) is 5.73 Å². The van der Waals surface area contributed by atoms with Crippen LogP contribution in [0.15, 0.2) is 38.5 Å². The van der Waals surface area contributed by atoms with Crippen LogP contribution < -0.4 is 15.9 Å². The molecule has 0 spiro atoms. The molecule has 2 aromatic heterocycles. The van der Waals surface area contributed by atoms with Crippen molar-refractivity contribution in [3.63, 3.8) is 0 Å². The summed E-state index contributed by atoms with van der Waals surface area (Å²) in [6.45, 7) is 8.78. The number of benzene rings is 1. The van der Waals surface area contributed by atoms with Gasteiger partial charge in [-0.25, -0.2) is 4.99 Å². The third-order valence-electron chi connectivity index (χ3n) is 5.31. The minimum Gasteiger partial charge on any atom is -0.475 e. The van der Waals surface area contributed by atoms with Crippen LogP contribution in [0.2, 0.25) is 0 Å². The first-order valence-corrected chi connectivity index (χ1v) is 10.1. The molecule has 0 saturated carbocycles. The summed E-state index contributed by atoms with van der Waals surface area (Å²) in [6, 6.07) is 6.79. The topological polar surface area (TPSA) is 121 Å². The fourth-order valence-electron chi connectivity index (χ4n) is 4.19. The molecule has 1 aliphatic rings. The molecule has 0 bridgehead atoms. The van der Waals surface area contributed by atoms with Crippen molar-refractivity contribution in [2.24, 2.45) is 10.9 Å². The number of aromatic nitrogens is 2. The average Bonchev–Trinajstić information content (AvgIpc) is 2.65. The number of anilines is 1. The molecule has 8 nitrogen and oxygen atoms in total. The first-order valence-electron chi connectivity index (χ1n) is 10.1. The second-order valence-corrected chi connectivity index (χ2v) is 8.06. The van der Waals surface area contributed by atoms with Crippen LogP contribution >= 0.6 is 0 Å². The molecule has 8 heteroatoms. The lowest BCUT2D eigenvalue weighted by Crippen LogP contribution is -2.32. The van der Waals surface area contributed by atoms with E-state index in [9.17, 15) is 9.59 Å². The molecule has 2 unspecified atom stereocenters. The van der Waals surface area contributed by atoms with E-state index in [1.807, 2.05) is 19.9 Å². The molecule has 160 valence electrons. The number of nitrogens with zero attached hydrogens (tertiary/aromatic N) is 3. The van der Waals surface area contributed by atoms with Crippen molar-refractivity contribution < 1.29 is 13.9 Å². The number of rotatable bonds is 4. The Morgan fingerprint density at radius 1 is 1.23 bits per heavy atom. The number of para-hydroxylation sites is 1. The lowest BCUT2D eigenvalue weighted by atomic mass is 9.75. The summed E-state index contributed by atoms with van der Waals surface area (Å²) in [4.78, 5) is 38.6. The van der Waals surface area contributed by atoms with Crippen molar-refractivity contribution in [3.05, 3.63) is 51.4 Å². The number of aryl methyl sites for hydroxylation is 1. The van der Waals surface area contributed by atoms with E-state index in [0.717, 1.165) is 0 Å². The Morgan fingerprint density at radius 2 is 1.97 bits per heavy atom. The fraction of sp³-hybridized carbons (Fsp3) is 0.348. The molecular weight excluding hydrogens is 396 g/mol. The van der Waals surface area contributed by atoms with Gasteiger partial charge in [0.05, 0.1) is 23.0 Å². The van der Waals surface area contributed by atoms with Crippen molar-refractivity contribution >= 4 is 34.2 Å². The van der Waals surface area contributed by atoms with Gasteiger partial charge in [-0.15, -0.1) is 0 Å². The van der Waals surface area contributed by atoms with E-state index in [4.69, 9.17) is 14.9 Å². The van der Waals surface area contributed by atoms with Crippen LogP contribution in [0.5, 0.6) is 5.88 Å². The van der Waals surface area contributed by atoms with Gasteiger partial charge >= 0.3 is 0 Å². The maximum absolute atomic E-state index is 12.8. The van der Waals surface area contributed by atoms with Crippen LogP contribution in [0.4, 0.5) is 11.8 Å². The molecule has 1 aromatic carbocycles. The number of nitrogen functional groups attached to an aromatic ring is 1. The largest absolute Gasteiger partial charge is 0.475 e. The minimum absolute atomic E-state index is 0.0336. The Bertz CT molecular complexity index is 1290. The maximum Gasteiger partial charge on any atom is 0.225 e. The van der Waals surface area contributed by atoms with E-state index >= 15 is 0 Å². The number of ether oxygens (including phenoxy) is 1. The number of aliphatic imine (C=N–C) groups is 1. The van der Waals surface area contributed by atoms with Crippen LogP contribution in [0, 0.1) is 12.8 Å². The number of ketones is 1. The van der Waals surface area contributed by atoms with Gasteiger partial charge in [0.15, 0.2) is 11.2 Å². The minimum atomic E-state index is -0.592. The lowest BCUT2D eigenvalue weighted by molar-refractivity contribution is -0.119. The number of Topliss-reactive ketones (excluding diaryl/α,β-unsaturated/α-hetero) is 1. The van der Waals surface area contributed by atoms with E-state index in [1.54, 1.807) is 26.0 Å². The van der Waals surface area contributed by atoms with Gasteiger partial charge in [-0.2, -0.15) is 9.97 Å². The van der Waals surface area contributed by atoms with Crippen molar-refractivity contribution in [1.29, 1.82) is 0 Å². The van der Waals surface area contributed by atoms with E-state index in [1.165, 1.54) is 13.0 Å². The van der Waals surface area contributed by atoms with Crippen molar-refractivity contribution in [1.82, 2.24) is 9.97 Å². The van der Waals surface area contributed by atoms with Crippen LogP contribution in [0.3, 0.4) is 0 Å².